The summed E-state index contributed by atoms with van der Waals surface area (Å²) in [4.78, 5) is 25.1. The first kappa shape index (κ1) is 20.5. The standard InChI is InChI=1S/C22H27NO4/c1-22(2,3)21(25)26-13-12-23(4)19-11-10-18(15-24)20(14-19)27-16-17-8-6-5-7-9-17/h5-11,14-15H,12-13,16H2,1-4H3. The lowest BCUT2D eigenvalue weighted by Gasteiger charge is -2.22. The number of anilines is 1. The average molecular weight is 369 g/mol. The van der Waals surface area contributed by atoms with Gasteiger partial charge in [0.15, 0.2) is 6.29 Å². The third-order valence-electron chi connectivity index (χ3n) is 4.07. The number of esters is 1. The fourth-order valence-electron chi connectivity index (χ4n) is 2.34. The number of benzene rings is 2. The average Bonchev–Trinajstić information content (AvgIpc) is 2.66. The van der Waals surface area contributed by atoms with Gasteiger partial charge in [-0.25, -0.2) is 0 Å². The lowest BCUT2D eigenvalue weighted by Crippen LogP contribution is -2.28. The summed E-state index contributed by atoms with van der Waals surface area (Å²) in [6, 6.07) is 15.2. The van der Waals surface area contributed by atoms with Gasteiger partial charge >= 0.3 is 5.97 Å². The normalized spacial score (nSPS) is 11.0. The predicted octanol–water partition coefficient (Wildman–Crippen LogP) is 4.10. The molecule has 0 aliphatic rings. The number of carbonyl (C=O) groups is 2. The maximum atomic E-state index is 11.8. The molecule has 0 N–H and O–H groups in total. The Morgan fingerprint density at radius 1 is 1.11 bits per heavy atom. The molecule has 5 heteroatoms. The highest BCUT2D eigenvalue weighted by Crippen LogP contribution is 2.25. The first-order chi connectivity index (χ1) is 12.8. The van der Waals surface area contributed by atoms with Crippen LogP contribution in [0.3, 0.4) is 0 Å². The molecule has 2 aromatic rings. The molecule has 2 rings (SSSR count). The minimum atomic E-state index is -0.511. The van der Waals surface area contributed by atoms with E-state index in [1.54, 1.807) is 6.07 Å². The molecule has 2 aromatic carbocycles. The van der Waals surface area contributed by atoms with Crippen molar-refractivity contribution in [1.82, 2.24) is 0 Å². The largest absolute Gasteiger partial charge is 0.488 e. The summed E-state index contributed by atoms with van der Waals surface area (Å²) in [7, 11) is 1.90. The van der Waals surface area contributed by atoms with E-state index in [9.17, 15) is 9.59 Å². The van der Waals surface area contributed by atoms with Gasteiger partial charge < -0.3 is 14.4 Å². The van der Waals surface area contributed by atoms with Crippen LogP contribution in [0.15, 0.2) is 48.5 Å². The van der Waals surface area contributed by atoms with Gasteiger partial charge in [0.2, 0.25) is 0 Å². The maximum Gasteiger partial charge on any atom is 0.311 e. The number of likely N-dealkylation sites (N-methyl/N-ethyl adjacent to an activating group) is 1. The summed E-state index contributed by atoms with van der Waals surface area (Å²) in [5, 5.41) is 0. The molecule has 0 spiro atoms. The Bertz CT molecular complexity index is 766. The zero-order valence-electron chi connectivity index (χ0n) is 16.4. The molecule has 5 nitrogen and oxygen atoms in total. The molecule has 0 saturated carbocycles. The lowest BCUT2D eigenvalue weighted by atomic mass is 9.97. The molecule has 0 saturated heterocycles. The molecule has 0 aromatic heterocycles. The van der Waals surface area contributed by atoms with E-state index in [-0.39, 0.29) is 5.97 Å². The van der Waals surface area contributed by atoms with Crippen LogP contribution >= 0.6 is 0 Å². The highest BCUT2D eigenvalue weighted by molar-refractivity contribution is 5.80. The van der Waals surface area contributed by atoms with E-state index in [1.165, 1.54) is 0 Å². The van der Waals surface area contributed by atoms with Gasteiger partial charge in [0.05, 0.1) is 17.5 Å². The van der Waals surface area contributed by atoms with Crippen LogP contribution in [0, 0.1) is 5.41 Å². The summed E-state index contributed by atoms with van der Waals surface area (Å²) in [6.45, 7) is 6.70. The van der Waals surface area contributed by atoms with Crippen molar-refractivity contribution in [3.63, 3.8) is 0 Å². The molecule has 0 aliphatic heterocycles. The summed E-state index contributed by atoms with van der Waals surface area (Å²) < 4.78 is 11.2. The van der Waals surface area contributed by atoms with E-state index in [2.05, 4.69) is 0 Å². The van der Waals surface area contributed by atoms with Crippen molar-refractivity contribution in [1.29, 1.82) is 0 Å². The molecule has 0 heterocycles. The number of hydrogen-bond donors (Lipinski definition) is 0. The monoisotopic (exact) mass is 369 g/mol. The van der Waals surface area contributed by atoms with Gasteiger partial charge in [-0.15, -0.1) is 0 Å². The number of carbonyl (C=O) groups excluding carboxylic acids is 2. The molecule has 0 atom stereocenters. The van der Waals surface area contributed by atoms with E-state index in [0.717, 1.165) is 17.5 Å². The minimum Gasteiger partial charge on any atom is -0.488 e. The Labute approximate surface area is 160 Å². The highest BCUT2D eigenvalue weighted by atomic mass is 16.5. The SMILES string of the molecule is CN(CCOC(=O)C(C)(C)C)c1ccc(C=O)c(OCc2ccccc2)c1. The Balaban J connectivity index is 2.00. The van der Waals surface area contributed by atoms with Crippen molar-refractivity contribution >= 4 is 17.9 Å². The topological polar surface area (TPSA) is 55.8 Å². The van der Waals surface area contributed by atoms with Gasteiger partial charge in [-0.1, -0.05) is 30.3 Å². The number of aldehydes is 1. The second-order valence-corrected chi connectivity index (χ2v) is 7.42. The van der Waals surface area contributed by atoms with Crippen molar-refractivity contribution in [2.45, 2.75) is 27.4 Å². The zero-order valence-corrected chi connectivity index (χ0v) is 16.4. The molecule has 0 fully saturated rings. The summed E-state index contributed by atoms with van der Waals surface area (Å²) in [5.74, 6) is 0.309. The van der Waals surface area contributed by atoms with Crippen LogP contribution < -0.4 is 9.64 Å². The predicted molar refractivity (Wildman–Crippen MR) is 106 cm³/mol. The first-order valence-electron chi connectivity index (χ1n) is 8.95. The van der Waals surface area contributed by atoms with Crippen LogP contribution in [-0.4, -0.2) is 32.5 Å². The van der Waals surface area contributed by atoms with E-state index in [1.807, 2.05) is 75.2 Å². The quantitative estimate of drug-likeness (QED) is 0.518. The summed E-state index contributed by atoms with van der Waals surface area (Å²) in [6.07, 6.45) is 0.787. The molecular weight excluding hydrogens is 342 g/mol. The molecule has 27 heavy (non-hydrogen) atoms. The Kier molecular flexibility index (Phi) is 6.99. The van der Waals surface area contributed by atoms with Crippen LogP contribution in [0.2, 0.25) is 0 Å². The Hall–Kier alpha value is -2.82. The second-order valence-electron chi connectivity index (χ2n) is 7.42. The van der Waals surface area contributed by atoms with Crippen molar-refractivity contribution in [3.8, 4) is 5.75 Å². The van der Waals surface area contributed by atoms with E-state index < -0.39 is 5.41 Å². The van der Waals surface area contributed by atoms with E-state index in [0.29, 0.717) is 31.1 Å². The molecule has 0 amide bonds. The van der Waals surface area contributed by atoms with Gasteiger partial charge in [-0.05, 0) is 38.5 Å². The van der Waals surface area contributed by atoms with Gasteiger partial charge in [0, 0.05) is 18.8 Å². The van der Waals surface area contributed by atoms with Crippen LogP contribution in [0.1, 0.15) is 36.7 Å². The van der Waals surface area contributed by atoms with Gasteiger partial charge in [-0.2, -0.15) is 0 Å². The van der Waals surface area contributed by atoms with E-state index in [4.69, 9.17) is 9.47 Å². The van der Waals surface area contributed by atoms with Crippen LogP contribution in [0.4, 0.5) is 5.69 Å². The van der Waals surface area contributed by atoms with Gasteiger partial charge in [0.1, 0.15) is 19.0 Å². The molecular formula is C22H27NO4. The van der Waals surface area contributed by atoms with Crippen molar-refractivity contribution in [3.05, 3.63) is 59.7 Å². The molecule has 0 aliphatic carbocycles. The number of rotatable bonds is 8. The number of nitrogens with zero attached hydrogens (tertiary/aromatic N) is 1. The van der Waals surface area contributed by atoms with Crippen molar-refractivity contribution in [2.75, 3.05) is 25.1 Å². The number of hydrogen-bond acceptors (Lipinski definition) is 5. The van der Waals surface area contributed by atoms with E-state index >= 15 is 0 Å². The zero-order chi connectivity index (χ0) is 19.9. The minimum absolute atomic E-state index is 0.223. The van der Waals surface area contributed by atoms with Crippen LogP contribution in [0.25, 0.3) is 0 Å². The lowest BCUT2D eigenvalue weighted by molar-refractivity contribution is -0.152. The number of ether oxygens (including phenoxy) is 2. The Morgan fingerprint density at radius 2 is 1.81 bits per heavy atom. The third-order valence-corrected chi connectivity index (χ3v) is 4.07. The van der Waals surface area contributed by atoms with Gasteiger partial charge in [0.25, 0.3) is 0 Å². The smallest absolute Gasteiger partial charge is 0.311 e. The summed E-state index contributed by atoms with van der Waals surface area (Å²) in [5.41, 5.74) is 1.91. The van der Waals surface area contributed by atoms with Crippen molar-refractivity contribution in [2.24, 2.45) is 5.41 Å². The maximum absolute atomic E-state index is 11.8. The summed E-state index contributed by atoms with van der Waals surface area (Å²) >= 11 is 0. The van der Waals surface area contributed by atoms with Crippen LogP contribution in [0.5, 0.6) is 5.75 Å². The fraction of sp³-hybridized carbons (Fsp3) is 0.364. The molecule has 144 valence electrons. The first-order valence-corrected chi connectivity index (χ1v) is 8.95. The van der Waals surface area contributed by atoms with Gasteiger partial charge in [-0.3, -0.25) is 9.59 Å². The highest BCUT2D eigenvalue weighted by Gasteiger charge is 2.22. The van der Waals surface area contributed by atoms with Crippen LogP contribution in [-0.2, 0) is 16.1 Å². The second kappa shape index (κ2) is 9.21. The third kappa shape index (κ3) is 6.13. The van der Waals surface area contributed by atoms with Crippen molar-refractivity contribution < 1.29 is 19.1 Å². The molecule has 0 radical (unpaired) electrons. The fourth-order valence-corrected chi connectivity index (χ4v) is 2.34. The molecule has 0 unspecified atom stereocenters. The Morgan fingerprint density at radius 3 is 2.44 bits per heavy atom. The molecule has 0 bridgehead atoms.